The number of likely N-dealkylation sites (tertiary alicyclic amines) is 1. The minimum absolute atomic E-state index is 0.00246. The Bertz CT molecular complexity index is 1850. The van der Waals surface area contributed by atoms with Crippen LogP contribution in [0.2, 0.25) is 0 Å². The molecule has 0 bridgehead atoms. The molecular formula is C79H157F9N4O5. The van der Waals surface area contributed by atoms with Gasteiger partial charge in [-0.25, -0.2) is 26.3 Å². The number of hydrogen-bond donors (Lipinski definition) is 1. The third-order valence-electron chi connectivity index (χ3n) is 10.1. The molecule has 3 fully saturated rings. The quantitative estimate of drug-likeness (QED) is 0.167. The molecule has 2 saturated carbocycles. The van der Waals surface area contributed by atoms with E-state index in [9.17, 15) is 44.3 Å². The number of methoxy groups -OCH3 is 4. The number of halogens is 9. The molecule has 586 valence electrons. The van der Waals surface area contributed by atoms with Gasteiger partial charge in [0.05, 0.1) is 34.1 Å². The Morgan fingerprint density at radius 1 is 0.680 bits per heavy atom. The maximum Gasteiger partial charge on any atom is 0.345 e. The lowest BCUT2D eigenvalue weighted by Crippen LogP contribution is -2.55. The number of nitrogens with one attached hydrogen (secondary N) is 1. The van der Waals surface area contributed by atoms with Crippen molar-refractivity contribution in [2.24, 2.45) is 17.8 Å². The van der Waals surface area contributed by atoms with Crippen molar-refractivity contribution in [1.29, 1.82) is 5.26 Å². The van der Waals surface area contributed by atoms with E-state index in [1.807, 2.05) is 171 Å². The van der Waals surface area contributed by atoms with Crippen molar-refractivity contribution in [2.75, 3.05) is 82.6 Å². The van der Waals surface area contributed by atoms with Crippen LogP contribution in [0.15, 0.2) is 79.4 Å². The molecule has 18 heteroatoms. The number of rotatable bonds is 9. The monoisotopic (exact) mass is 1410 g/mol. The van der Waals surface area contributed by atoms with Crippen LogP contribution < -0.4 is 19.5 Å². The van der Waals surface area contributed by atoms with Gasteiger partial charge in [-0.2, -0.15) is 14.0 Å². The van der Waals surface area contributed by atoms with E-state index in [1.54, 1.807) is 77.6 Å². The zero-order chi connectivity index (χ0) is 80.5. The standard InChI is InChI=1S/C12H17NO.C10H13NO2.C10H13NO.C5H7N.C4H8.2C3H6F2.C3H7F.C3H6.C2H4F2O.C2H4F2.11C2H6/c1-12(8-13(2)9-12)10-5-4-6-11(7-10)14-3;1-11(2)10(12)8-4-6-9(13-3)7-5-8;1-12-10-3-2-8-4-5-11-7-9(8)6-10;1-4-2-5(4)3-6;1-4-2-3-4;1-3(5)2-4;1-2-3(4)5;1-2-3-4;1-3-2;1-5-2(3)4;1-2(3)4;11*1-2/h4-7H,8-9H2,1-3H3;4-7H,1-3H3;2-3,6,11H,4-5,7H2,1H3;4-5H,2H2,1H3;4H,2-3H2,1H3;2*3H,2H2,1H3;2-3H2,1H3;3H,1H2,2H3;2H,1H3;2H,1H3;11*1-2H3/t;;;4-,5+;;;;;;;;;;;;;;;;;;/m...1................../s1. The van der Waals surface area contributed by atoms with Gasteiger partial charge in [-0.15, -0.1) is 6.58 Å². The van der Waals surface area contributed by atoms with Crippen molar-refractivity contribution in [2.45, 2.75) is 284 Å². The second-order valence-electron chi connectivity index (χ2n) is 17.9. The van der Waals surface area contributed by atoms with Crippen molar-refractivity contribution in [3.8, 4) is 23.3 Å². The van der Waals surface area contributed by atoms with Gasteiger partial charge in [0.15, 0.2) is 0 Å². The third kappa shape index (κ3) is 105. The van der Waals surface area contributed by atoms with Crippen LogP contribution in [0.4, 0.5) is 39.5 Å². The van der Waals surface area contributed by atoms with Gasteiger partial charge >= 0.3 is 6.61 Å². The molecule has 1 N–H and O–H groups in total. The van der Waals surface area contributed by atoms with Gasteiger partial charge in [-0.3, -0.25) is 9.18 Å². The van der Waals surface area contributed by atoms with Crippen molar-refractivity contribution in [3.05, 3.63) is 102 Å². The number of nitriles is 1. The Morgan fingerprint density at radius 3 is 1.25 bits per heavy atom. The first-order chi connectivity index (χ1) is 46.3. The maximum atomic E-state index is 11.4. The summed E-state index contributed by atoms with van der Waals surface area (Å²) < 4.78 is 115. The lowest BCUT2D eigenvalue weighted by molar-refractivity contribution is -0.105. The van der Waals surface area contributed by atoms with E-state index >= 15 is 0 Å². The number of ether oxygens (including phenoxy) is 4. The second-order valence-corrected chi connectivity index (χ2v) is 17.9. The van der Waals surface area contributed by atoms with E-state index < -0.39 is 32.3 Å². The fourth-order valence-electron chi connectivity index (χ4n) is 5.57. The SMILES string of the molecule is C=CC.CC.CC.CC.CC.CC.CC.CC.CC.CC.CC.CC.CC(F)CF.CC(F)F.CC1CC1.CCC(F)F.CCCF.COC(F)F.COc1ccc(C(=O)N(C)C)cc1.COc1ccc2c(c1)CNCC2.COc1cccc(C2(C)CN(C)C2)c1.C[C@@H]1C[C@H]1C#N. The van der Waals surface area contributed by atoms with E-state index in [0.717, 1.165) is 76.2 Å². The molecule has 1 saturated heterocycles. The van der Waals surface area contributed by atoms with Crippen LogP contribution in [0, 0.1) is 29.1 Å². The van der Waals surface area contributed by atoms with Gasteiger partial charge in [-0.05, 0) is 131 Å². The molecule has 3 atom stereocenters. The van der Waals surface area contributed by atoms with E-state index in [2.05, 4.69) is 85.8 Å². The number of alkyl halides is 9. The lowest BCUT2D eigenvalue weighted by atomic mass is 9.76. The van der Waals surface area contributed by atoms with Crippen LogP contribution in [0.25, 0.3) is 0 Å². The van der Waals surface area contributed by atoms with Crippen LogP contribution in [-0.4, -0.2) is 124 Å². The van der Waals surface area contributed by atoms with E-state index in [0.29, 0.717) is 29.2 Å². The normalized spacial score (nSPS) is 13.0. The summed E-state index contributed by atoms with van der Waals surface area (Å²) in [6.45, 7) is 61.9. The third-order valence-corrected chi connectivity index (χ3v) is 10.1. The highest BCUT2D eigenvalue weighted by Gasteiger charge is 2.38. The van der Waals surface area contributed by atoms with Crippen molar-refractivity contribution in [3.63, 3.8) is 0 Å². The molecule has 4 aliphatic rings. The fraction of sp³-hybridized carbons (Fsp3) is 0.722. The summed E-state index contributed by atoms with van der Waals surface area (Å²) in [6.07, 6.45) is 2.06. The predicted molar refractivity (Wildman–Crippen MR) is 413 cm³/mol. The van der Waals surface area contributed by atoms with Gasteiger partial charge in [0, 0.05) is 64.2 Å². The van der Waals surface area contributed by atoms with Crippen molar-refractivity contribution in [1.82, 2.24) is 15.1 Å². The number of benzene rings is 3. The average molecular weight is 1410 g/mol. The molecule has 97 heavy (non-hydrogen) atoms. The smallest absolute Gasteiger partial charge is 0.345 e. The Labute approximate surface area is 596 Å². The molecule has 0 spiro atoms. The van der Waals surface area contributed by atoms with E-state index in [-0.39, 0.29) is 19.0 Å². The molecule has 9 nitrogen and oxygen atoms in total. The lowest BCUT2D eigenvalue weighted by Gasteiger charge is -2.46. The molecule has 2 aliphatic heterocycles. The van der Waals surface area contributed by atoms with Crippen LogP contribution in [0.5, 0.6) is 17.2 Å². The Hall–Kier alpha value is -4.99. The highest BCUT2D eigenvalue weighted by atomic mass is 19.3. The van der Waals surface area contributed by atoms with Crippen LogP contribution in [0.3, 0.4) is 0 Å². The molecule has 2 heterocycles. The number of carbonyl (C=O) groups is 1. The summed E-state index contributed by atoms with van der Waals surface area (Å²) in [4.78, 5) is 15.3. The Morgan fingerprint density at radius 2 is 1.01 bits per heavy atom. The second kappa shape index (κ2) is 110. The van der Waals surface area contributed by atoms with Gasteiger partial charge in [0.2, 0.25) is 12.9 Å². The summed E-state index contributed by atoms with van der Waals surface area (Å²) in [6, 6.07) is 23.9. The maximum absolute atomic E-state index is 11.4. The first-order valence-electron chi connectivity index (χ1n) is 36.0. The molecule has 2 aliphatic carbocycles. The molecule has 0 radical (unpaired) electrons. The minimum Gasteiger partial charge on any atom is -0.497 e. The zero-order valence-corrected chi connectivity index (χ0v) is 69.4. The van der Waals surface area contributed by atoms with Gasteiger partial charge in [0.1, 0.15) is 30.1 Å². The van der Waals surface area contributed by atoms with Gasteiger partial charge in [-0.1, -0.05) is 224 Å². The molecular weight excluding hydrogens is 1260 g/mol. The van der Waals surface area contributed by atoms with E-state index in [4.69, 9.17) is 19.5 Å². The van der Waals surface area contributed by atoms with Crippen molar-refractivity contribution < 1.29 is 63.3 Å². The number of amides is 1. The largest absolute Gasteiger partial charge is 0.497 e. The number of carbonyl (C=O) groups excluding carboxylic acids is 1. The summed E-state index contributed by atoms with van der Waals surface area (Å²) in [7, 11) is 11.6. The summed E-state index contributed by atoms with van der Waals surface area (Å²) in [5.74, 6) is 4.87. The molecule has 3 aromatic rings. The number of nitrogens with zero attached hydrogens (tertiary/aromatic N) is 3. The highest BCUT2D eigenvalue weighted by Crippen LogP contribution is 2.36. The molecule has 1 amide bonds. The van der Waals surface area contributed by atoms with Crippen LogP contribution in [-0.2, 0) is 23.1 Å². The molecule has 7 rings (SSSR count). The number of fused-ring (bicyclic) bond motifs is 1. The van der Waals surface area contributed by atoms with Crippen LogP contribution in [0.1, 0.15) is 267 Å². The summed E-state index contributed by atoms with van der Waals surface area (Å²) in [5, 5.41) is 11.5. The van der Waals surface area contributed by atoms with Gasteiger partial charge in [0.25, 0.3) is 5.91 Å². The first-order valence-corrected chi connectivity index (χ1v) is 36.0. The fourth-order valence-corrected chi connectivity index (χ4v) is 5.57. The zero-order valence-electron chi connectivity index (χ0n) is 69.4. The summed E-state index contributed by atoms with van der Waals surface area (Å²) in [5.41, 5.74) is 5.21. The number of hydrogen-bond acceptors (Lipinski definition) is 8. The Kier molecular flexibility index (Phi) is 145. The van der Waals surface area contributed by atoms with Crippen LogP contribution >= 0.6 is 0 Å². The molecule has 0 aromatic heterocycles. The predicted octanol–water partition coefficient (Wildman–Crippen LogP) is 26.2. The Balaban J connectivity index is -0.0000000586. The summed E-state index contributed by atoms with van der Waals surface area (Å²) >= 11 is 0. The first kappa shape index (κ1) is 129. The number of likely N-dealkylation sites (N-methyl/N-ethyl adjacent to an activating group) is 1. The molecule has 1 unspecified atom stereocenters. The van der Waals surface area contributed by atoms with Crippen molar-refractivity contribution >= 4 is 5.91 Å². The minimum atomic E-state index is -2.62. The highest BCUT2D eigenvalue weighted by molar-refractivity contribution is 5.93. The number of allylic oxidation sites excluding steroid dienone is 1. The topological polar surface area (TPSA) is 96.3 Å². The molecule has 3 aromatic carbocycles. The van der Waals surface area contributed by atoms with E-state index in [1.165, 1.54) is 43.4 Å². The van der Waals surface area contributed by atoms with Gasteiger partial charge < -0.3 is 34.1 Å². The average Bonchev–Trinajstić information content (AvgIpc) is 1.28.